The number of aliphatic hydroxyl groups excluding tert-OH is 1. The van der Waals surface area contributed by atoms with Gasteiger partial charge in [-0.2, -0.15) is 0 Å². The summed E-state index contributed by atoms with van der Waals surface area (Å²) in [5.74, 6) is 0.670. The highest BCUT2D eigenvalue weighted by atomic mass is 19.1. The fraction of sp³-hybridized carbons (Fsp3) is 0.296. The van der Waals surface area contributed by atoms with Gasteiger partial charge >= 0.3 is 0 Å². The van der Waals surface area contributed by atoms with Gasteiger partial charge in [-0.1, -0.05) is 13.3 Å². The highest BCUT2D eigenvalue weighted by Crippen LogP contribution is 2.34. The summed E-state index contributed by atoms with van der Waals surface area (Å²) >= 11 is 0. The first-order chi connectivity index (χ1) is 17.0. The first kappa shape index (κ1) is 24.3. The Hall–Kier alpha value is -3.78. The number of nitrogens with one attached hydrogen (secondary N) is 1. The van der Waals surface area contributed by atoms with Crippen LogP contribution in [0.3, 0.4) is 0 Å². The second-order valence-electron chi connectivity index (χ2n) is 8.26. The molecule has 7 nitrogen and oxygen atoms in total. The van der Waals surface area contributed by atoms with E-state index in [0.717, 1.165) is 30.6 Å². The van der Waals surface area contributed by atoms with Crippen molar-refractivity contribution >= 4 is 16.6 Å². The molecular formula is C27H30FN3O4. The second kappa shape index (κ2) is 10.7. The number of fused-ring (bicyclic) bond motifs is 1. The van der Waals surface area contributed by atoms with E-state index in [1.165, 1.54) is 10.6 Å². The first-order valence-electron chi connectivity index (χ1n) is 11.6. The molecule has 0 bridgehead atoms. The fourth-order valence-corrected chi connectivity index (χ4v) is 4.18. The monoisotopic (exact) mass is 479 g/mol. The number of hydrogen-bond acceptors (Lipinski definition) is 5. The van der Waals surface area contributed by atoms with Gasteiger partial charge < -0.3 is 24.5 Å². The molecule has 2 N–H and O–H groups in total. The Bertz CT molecular complexity index is 1370. The van der Waals surface area contributed by atoms with Crippen LogP contribution in [0, 0.1) is 5.82 Å². The highest BCUT2D eigenvalue weighted by Gasteiger charge is 2.18. The number of methoxy groups -OCH3 is 2. The summed E-state index contributed by atoms with van der Waals surface area (Å²) in [6.45, 7) is 2.96. The van der Waals surface area contributed by atoms with E-state index in [1.54, 1.807) is 49.4 Å². The number of hydrogen-bond donors (Lipinski definition) is 2. The van der Waals surface area contributed by atoms with E-state index < -0.39 is 5.82 Å². The van der Waals surface area contributed by atoms with E-state index in [2.05, 4.69) is 12.2 Å². The molecule has 0 aliphatic rings. The van der Waals surface area contributed by atoms with Gasteiger partial charge in [0.2, 0.25) is 0 Å². The van der Waals surface area contributed by atoms with Crippen molar-refractivity contribution in [3.63, 3.8) is 0 Å². The Labute approximate surface area is 203 Å². The van der Waals surface area contributed by atoms with Crippen LogP contribution in [0.1, 0.15) is 19.8 Å². The molecule has 0 unspecified atom stereocenters. The molecule has 0 amide bonds. The lowest BCUT2D eigenvalue weighted by Crippen LogP contribution is -2.22. The molecule has 8 heteroatoms. The minimum atomic E-state index is -0.512. The number of benzene rings is 2. The standard InChI is InChI=1S/C27H30FN3O4/c1-4-5-9-29-19-6-7-24(28)25(15-19)31-17-23(18-13-20(34-2)16-21(14-18)35-3)22-8-10-30(11-12-32)26(22)27(31)33/h6-8,10,13-17,29,32H,4-5,9,11-12H2,1-3H3. The number of aromatic nitrogens is 2. The molecule has 0 saturated heterocycles. The maximum atomic E-state index is 15.1. The average Bonchev–Trinajstić information content (AvgIpc) is 3.29. The number of anilines is 1. The van der Waals surface area contributed by atoms with Gasteiger partial charge in [0.05, 0.1) is 26.5 Å². The number of ether oxygens (including phenoxy) is 2. The molecule has 0 aliphatic carbocycles. The van der Waals surface area contributed by atoms with Crippen LogP contribution in [0.25, 0.3) is 27.7 Å². The predicted molar refractivity (Wildman–Crippen MR) is 137 cm³/mol. The molecule has 35 heavy (non-hydrogen) atoms. The summed E-state index contributed by atoms with van der Waals surface area (Å²) in [5, 5.41) is 13.5. The van der Waals surface area contributed by atoms with Crippen LogP contribution in [0.15, 0.2) is 59.7 Å². The van der Waals surface area contributed by atoms with E-state index in [4.69, 9.17) is 9.47 Å². The molecule has 0 atom stereocenters. The molecule has 0 saturated carbocycles. The molecule has 4 aromatic rings. The van der Waals surface area contributed by atoms with Gasteiger partial charge in [-0.25, -0.2) is 4.39 Å². The SMILES string of the molecule is CCCCNc1ccc(F)c(-n2cc(-c3cc(OC)cc(OC)c3)c3ccn(CCO)c3c2=O)c1. The zero-order valence-electron chi connectivity index (χ0n) is 20.2. The first-order valence-corrected chi connectivity index (χ1v) is 11.6. The summed E-state index contributed by atoms with van der Waals surface area (Å²) in [6, 6.07) is 12.0. The third-order valence-corrected chi connectivity index (χ3v) is 6.00. The topological polar surface area (TPSA) is 77.7 Å². The Morgan fingerprint density at radius 1 is 1.06 bits per heavy atom. The normalized spacial score (nSPS) is 11.1. The minimum Gasteiger partial charge on any atom is -0.497 e. The zero-order valence-corrected chi connectivity index (χ0v) is 20.2. The molecule has 0 spiro atoms. The van der Waals surface area contributed by atoms with Gasteiger partial charge in [0.15, 0.2) is 0 Å². The summed E-state index contributed by atoms with van der Waals surface area (Å²) in [5.41, 5.74) is 2.34. The molecule has 0 aliphatic heterocycles. The van der Waals surface area contributed by atoms with E-state index in [9.17, 15) is 9.90 Å². The number of nitrogens with zero attached hydrogens (tertiary/aromatic N) is 2. The second-order valence-corrected chi connectivity index (χ2v) is 8.26. The van der Waals surface area contributed by atoms with E-state index in [0.29, 0.717) is 28.0 Å². The number of aliphatic hydroxyl groups is 1. The lowest BCUT2D eigenvalue weighted by atomic mass is 10.0. The van der Waals surface area contributed by atoms with Crippen molar-refractivity contribution in [1.29, 1.82) is 0 Å². The Balaban J connectivity index is 1.98. The molecule has 2 aromatic carbocycles. The van der Waals surface area contributed by atoms with E-state index in [-0.39, 0.29) is 24.4 Å². The van der Waals surface area contributed by atoms with Gasteiger partial charge in [0, 0.05) is 48.2 Å². The minimum absolute atomic E-state index is 0.133. The van der Waals surface area contributed by atoms with Crippen LogP contribution < -0.4 is 20.3 Å². The van der Waals surface area contributed by atoms with Crippen molar-refractivity contribution < 1.29 is 19.0 Å². The Morgan fingerprint density at radius 3 is 2.46 bits per heavy atom. The Kier molecular flexibility index (Phi) is 7.41. The number of rotatable bonds is 10. The van der Waals surface area contributed by atoms with Gasteiger partial charge in [0.25, 0.3) is 5.56 Å². The number of unbranched alkanes of at least 4 members (excludes halogenated alkanes) is 1. The third kappa shape index (κ3) is 4.88. The maximum Gasteiger partial charge on any atom is 0.279 e. The average molecular weight is 480 g/mol. The van der Waals surface area contributed by atoms with E-state index in [1.807, 2.05) is 18.2 Å². The molecule has 184 valence electrons. The van der Waals surface area contributed by atoms with Crippen LogP contribution in [0.5, 0.6) is 11.5 Å². The number of pyridine rings is 1. The van der Waals surface area contributed by atoms with Crippen molar-refractivity contribution in [1.82, 2.24) is 9.13 Å². The van der Waals surface area contributed by atoms with Crippen molar-refractivity contribution in [2.75, 3.05) is 32.7 Å². The third-order valence-electron chi connectivity index (χ3n) is 6.00. The molecule has 4 rings (SSSR count). The summed E-state index contributed by atoms with van der Waals surface area (Å²) in [4.78, 5) is 13.7. The van der Waals surface area contributed by atoms with Crippen LogP contribution in [-0.2, 0) is 6.54 Å². The van der Waals surface area contributed by atoms with Crippen molar-refractivity contribution in [3.8, 4) is 28.3 Å². The van der Waals surface area contributed by atoms with Crippen LogP contribution in [0.2, 0.25) is 0 Å². The quantitative estimate of drug-likeness (QED) is 0.319. The van der Waals surface area contributed by atoms with Crippen LogP contribution >= 0.6 is 0 Å². The fourth-order valence-electron chi connectivity index (χ4n) is 4.18. The van der Waals surface area contributed by atoms with Gasteiger partial charge in [-0.05, 0) is 48.4 Å². The highest BCUT2D eigenvalue weighted by molar-refractivity contribution is 5.95. The predicted octanol–water partition coefficient (Wildman–Crippen LogP) is 4.82. The van der Waals surface area contributed by atoms with Crippen molar-refractivity contribution in [2.45, 2.75) is 26.3 Å². The van der Waals surface area contributed by atoms with Crippen LogP contribution in [0.4, 0.5) is 10.1 Å². The van der Waals surface area contributed by atoms with Crippen molar-refractivity contribution in [2.24, 2.45) is 0 Å². The molecule has 0 fully saturated rings. The summed E-state index contributed by atoms with van der Waals surface area (Å²) in [6.07, 6.45) is 5.42. The van der Waals surface area contributed by atoms with Gasteiger partial charge in [-0.3, -0.25) is 9.36 Å². The van der Waals surface area contributed by atoms with Crippen molar-refractivity contribution in [3.05, 3.63) is 71.0 Å². The summed E-state index contributed by atoms with van der Waals surface area (Å²) < 4.78 is 29.0. The van der Waals surface area contributed by atoms with Gasteiger partial charge in [0.1, 0.15) is 22.8 Å². The van der Waals surface area contributed by atoms with Gasteiger partial charge in [-0.15, -0.1) is 0 Å². The lowest BCUT2D eigenvalue weighted by molar-refractivity contribution is 0.278. The molecule has 0 radical (unpaired) electrons. The molecule has 2 aromatic heterocycles. The van der Waals surface area contributed by atoms with Crippen LogP contribution in [-0.4, -0.2) is 41.6 Å². The zero-order chi connectivity index (χ0) is 24.9. The summed E-state index contributed by atoms with van der Waals surface area (Å²) in [7, 11) is 3.14. The number of halogens is 1. The van der Waals surface area contributed by atoms with E-state index >= 15 is 4.39 Å². The Morgan fingerprint density at radius 2 is 1.80 bits per heavy atom. The molecular weight excluding hydrogens is 449 g/mol. The maximum absolute atomic E-state index is 15.1. The lowest BCUT2D eigenvalue weighted by Gasteiger charge is -2.15. The largest absolute Gasteiger partial charge is 0.497 e. The smallest absolute Gasteiger partial charge is 0.279 e. The molecule has 2 heterocycles.